The van der Waals surface area contributed by atoms with E-state index in [9.17, 15) is 4.79 Å². The predicted octanol–water partition coefficient (Wildman–Crippen LogP) is 4.88. The van der Waals surface area contributed by atoms with Gasteiger partial charge in [-0.05, 0) is 59.4 Å². The van der Waals surface area contributed by atoms with Crippen molar-refractivity contribution >= 4 is 17.3 Å². The van der Waals surface area contributed by atoms with E-state index < -0.39 is 5.91 Å². The molecule has 3 heterocycles. The van der Waals surface area contributed by atoms with Gasteiger partial charge >= 0.3 is 0 Å². The minimum atomic E-state index is -0.469. The van der Waals surface area contributed by atoms with E-state index in [0.717, 1.165) is 67.1 Å². The normalized spacial score (nSPS) is 13.7. The van der Waals surface area contributed by atoms with Crippen LogP contribution < -0.4 is 5.32 Å². The second-order valence-electron chi connectivity index (χ2n) is 9.57. The summed E-state index contributed by atoms with van der Waals surface area (Å²) in [6.07, 6.45) is 7.83. The summed E-state index contributed by atoms with van der Waals surface area (Å²) in [6.45, 7) is 6.07. The molecule has 192 valence electrons. The topological polar surface area (TPSA) is 91.2 Å². The number of morpholine rings is 1. The highest BCUT2D eigenvalue weighted by atomic mass is 16.5. The zero-order valence-corrected chi connectivity index (χ0v) is 21.5. The van der Waals surface area contributed by atoms with Crippen LogP contribution in [0, 0.1) is 12.3 Å². The van der Waals surface area contributed by atoms with Crippen LogP contribution in [0.5, 0.6) is 0 Å². The Morgan fingerprint density at radius 1 is 0.895 bits per heavy atom. The van der Waals surface area contributed by atoms with E-state index in [1.165, 1.54) is 5.56 Å². The van der Waals surface area contributed by atoms with Crippen molar-refractivity contribution in [3.8, 4) is 11.1 Å². The first-order chi connectivity index (χ1) is 18.5. The molecule has 1 fully saturated rings. The number of ether oxygens (including phenoxy) is 1. The highest BCUT2D eigenvalue weighted by molar-refractivity contribution is 6.48. The molecule has 0 aliphatic carbocycles. The number of hydrogen-bond donors (Lipinski definition) is 2. The standard InChI is InChI=1S/C31H31N5O2/c1-22-7-8-26(27-14-25(18-33-19-27)21-36-9-11-38-12-10-36)16-29(22)30(32)31(37)35-28-15-24(17-34-20-28)13-23-5-3-2-4-6-23/h2-8,14-20,32H,9-13,21H2,1H3,(H,35,37). The third kappa shape index (κ3) is 6.37. The first-order valence-corrected chi connectivity index (χ1v) is 12.8. The average molecular weight is 506 g/mol. The molecule has 1 amide bonds. The number of aryl methyl sites for hydroxylation is 1. The maximum atomic E-state index is 13.1. The van der Waals surface area contributed by atoms with Gasteiger partial charge in [-0.2, -0.15) is 0 Å². The van der Waals surface area contributed by atoms with Gasteiger partial charge in [0.15, 0.2) is 0 Å². The SMILES string of the molecule is Cc1ccc(-c2cncc(CN3CCOCC3)c2)cc1C(=N)C(=O)Nc1cncc(Cc2ccccc2)c1. The molecule has 1 saturated heterocycles. The lowest BCUT2D eigenvalue weighted by molar-refractivity contribution is -0.110. The first kappa shape index (κ1) is 25.4. The molecule has 2 N–H and O–H groups in total. The molecular weight excluding hydrogens is 474 g/mol. The number of benzene rings is 2. The molecule has 0 radical (unpaired) electrons. The number of aromatic nitrogens is 2. The molecule has 2 aromatic carbocycles. The monoisotopic (exact) mass is 505 g/mol. The quantitative estimate of drug-likeness (QED) is 0.333. The Labute approximate surface area is 223 Å². The third-order valence-corrected chi connectivity index (χ3v) is 6.68. The summed E-state index contributed by atoms with van der Waals surface area (Å²) in [5, 5.41) is 11.5. The van der Waals surface area contributed by atoms with E-state index in [4.69, 9.17) is 10.1 Å². The van der Waals surface area contributed by atoms with Crippen molar-refractivity contribution in [2.24, 2.45) is 0 Å². The zero-order chi connectivity index (χ0) is 26.3. The van der Waals surface area contributed by atoms with Crippen molar-refractivity contribution in [1.82, 2.24) is 14.9 Å². The average Bonchev–Trinajstić information content (AvgIpc) is 2.94. The Kier molecular flexibility index (Phi) is 7.97. The van der Waals surface area contributed by atoms with Crippen LogP contribution in [-0.4, -0.2) is 52.8 Å². The van der Waals surface area contributed by atoms with Crippen LogP contribution in [0.3, 0.4) is 0 Å². The van der Waals surface area contributed by atoms with Gasteiger partial charge in [-0.3, -0.25) is 25.1 Å². The van der Waals surface area contributed by atoms with Gasteiger partial charge in [0.1, 0.15) is 5.71 Å². The summed E-state index contributed by atoms with van der Waals surface area (Å²) in [5.41, 5.74) is 7.10. The number of nitrogens with zero attached hydrogens (tertiary/aromatic N) is 3. The number of rotatable bonds is 8. The number of carbonyl (C=O) groups excluding carboxylic acids is 1. The van der Waals surface area contributed by atoms with Crippen LogP contribution in [0.25, 0.3) is 11.1 Å². The van der Waals surface area contributed by atoms with Crippen molar-refractivity contribution in [1.29, 1.82) is 5.41 Å². The molecular formula is C31H31N5O2. The number of pyridine rings is 2. The predicted molar refractivity (Wildman–Crippen MR) is 149 cm³/mol. The van der Waals surface area contributed by atoms with Crippen LogP contribution in [0.4, 0.5) is 5.69 Å². The summed E-state index contributed by atoms with van der Waals surface area (Å²) in [7, 11) is 0. The second-order valence-corrected chi connectivity index (χ2v) is 9.57. The Balaban J connectivity index is 1.30. The molecule has 1 aliphatic rings. The maximum Gasteiger partial charge on any atom is 0.274 e. The molecule has 0 spiro atoms. The van der Waals surface area contributed by atoms with E-state index in [1.807, 2.05) is 61.8 Å². The fourth-order valence-electron chi connectivity index (χ4n) is 4.62. The third-order valence-electron chi connectivity index (χ3n) is 6.68. The maximum absolute atomic E-state index is 13.1. The number of hydrogen-bond acceptors (Lipinski definition) is 6. The molecule has 0 saturated carbocycles. The molecule has 0 unspecified atom stereocenters. The lowest BCUT2D eigenvalue weighted by atomic mass is 9.97. The molecule has 7 heteroatoms. The van der Waals surface area contributed by atoms with Gasteiger partial charge < -0.3 is 10.1 Å². The van der Waals surface area contributed by atoms with Crippen molar-refractivity contribution in [3.63, 3.8) is 0 Å². The molecule has 7 nitrogen and oxygen atoms in total. The van der Waals surface area contributed by atoms with Crippen LogP contribution in [0.15, 0.2) is 85.5 Å². The zero-order valence-electron chi connectivity index (χ0n) is 21.5. The first-order valence-electron chi connectivity index (χ1n) is 12.8. The van der Waals surface area contributed by atoms with E-state index in [1.54, 1.807) is 12.4 Å². The number of anilines is 1. The Morgan fingerprint density at radius 3 is 2.47 bits per heavy atom. The molecule has 38 heavy (non-hydrogen) atoms. The second kappa shape index (κ2) is 11.9. The number of nitrogens with one attached hydrogen (secondary N) is 2. The van der Waals surface area contributed by atoms with Gasteiger partial charge in [-0.25, -0.2) is 0 Å². The van der Waals surface area contributed by atoms with Crippen molar-refractivity contribution < 1.29 is 9.53 Å². The molecule has 5 rings (SSSR count). The minimum Gasteiger partial charge on any atom is -0.379 e. The van der Waals surface area contributed by atoms with Crippen LogP contribution >= 0.6 is 0 Å². The summed E-state index contributed by atoms with van der Waals surface area (Å²) < 4.78 is 5.45. The van der Waals surface area contributed by atoms with Gasteiger partial charge in [-0.15, -0.1) is 0 Å². The highest BCUT2D eigenvalue weighted by Gasteiger charge is 2.17. The van der Waals surface area contributed by atoms with E-state index in [0.29, 0.717) is 11.3 Å². The van der Waals surface area contributed by atoms with Crippen LogP contribution in [0.1, 0.15) is 27.8 Å². The minimum absolute atomic E-state index is 0.0877. The Bertz CT molecular complexity index is 1430. The van der Waals surface area contributed by atoms with Crippen LogP contribution in [0.2, 0.25) is 0 Å². The van der Waals surface area contributed by atoms with E-state index in [2.05, 4.69) is 38.4 Å². The van der Waals surface area contributed by atoms with E-state index in [-0.39, 0.29) is 5.71 Å². The number of amides is 1. The van der Waals surface area contributed by atoms with Gasteiger partial charge in [0, 0.05) is 49.4 Å². The van der Waals surface area contributed by atoms with Crippen LogP contribution in [-0.2, 0) is 22.5 Å². The highest BCUT2D eigenvalue weighted by Crippen LogP contribution is 2.24. The molecule has 0 bridgehead atoms. The molecule has 0 atom stereocenters. The van der Waals surface area contributed by atoms with Crippen molar-refractivity contribution in [2.45, 2.75) is 19.9 Å². The lowest BCUT2D eigenvalue weighted by Crippen LogP contribution is -2.35. The summed E-state index contributed by atoms with van der Waals surface area (Å²) in [4.78, 5) is 24.2. The molecule has 2 aromatic heterocycles. The van der Waals surface area contributed by atoms with Gasteiger partial charge in [0.25, 0.3) is 5.91 Å². The Morgan fingerprint density at radius 2 is 1.66 bits per heavy atom. The fourth-order valence-corrected chi connectivity index (χ4v) is 4.62. The number of carbonyl (C=O) groups is 1. The van der Waals surface area contributed by atoms with E-state index >= 15 is 0 Å². The largest absolute Gasteiger partial charge is 0.379 e. The smallest absolute Gasteiger partial charge is 0.274 e. The van der Waals surface area contributed by atoms with Gasteiger partial charge in [-0.1, -0.05) is 42.5 Å². The van der Waals surface area contributed by atoms with Gasteiger partial charge in [0.05, 0.1) is 25.1 Å². The molecule has 1 aliphatic heterocycles. The Hall–Kier alpha value is -4.20. The van der Waals surface area contributed by atoms with Crippen molar-refractivity contribution in [3.05, 3.63) is 113 Å². The van der Waals surface area contributed by atoms with Crippen molar-refractivity contribution in [2.75, 3.05) is 31.6 Å². The lowest BCUT2D eigenvalue weighted by Gasteiger charge is -2.26. The summed E-state index contributed by atoms with van der Waals surface area (Å²) >= 11 is 0. The molecule has 4 aromatic rings. The summed E-state index contributed by atoms with van der Waals surface area (Å²) in [5.74, 6) is -0.469. The fraction of sp³-hybridized carbons (Fsp3) is 0.226. The summed E-state index contributed by atoms with van der Waals surface area (Å²) in [6, 6.07) is 20.0. The van der Waals surface area contributed by atoms with Gasteiger partial charge in [0.2, 0.25) is 0 Å².